The molecule has 3 atom stereocenters. The molecule has 0 aromatic heterocycles. The van der Waals surface area contributed by atoms with Crippen LogP contribution in [0.15, 0.2) is 24.3 Å². The molecule has 0 fully saturated rings. The summed E-state index contributed by atoms with van der Waals surface area (Å²) in [6, 6.07) is 6.87. The second-order valence-electron chi connectivity index (χ2n) is 5.29. The quantitative estimate of drug-likeness (QED) is 0.473. The average Bonchev–Trinajstić information content (AvgIpc) is 2.50. The van der Waals surface area contributed by atoms with Crippen LogP contribution in [-0.2, 0) is 16.0 Å². The van der Waals surface area contributed by atoms with Crippen molar-refractivity contribution < 1.29 is 24.6 Å². The minimum atomic E-state index is -1.05. The highest BCUT2D eigenvalue weighted by Crippen LogP contribution is 2.30. The number of aliphatic carboxylic acids is 1. The number of nitrogens with zero attached hydrogens (tertiary/aromatic N) is 1. The molecule has 1 aromatic rings. The standard InChI is InChI=1S/C15H19NO5/c1-10(16(20)9-17)13(15(18)19)8-12-7-6-11-4-2-3-5-14(11)21-12/h2-5,9-10,12-13,20H,6-8H2,1H3,(H,18,19)/t10-,12?,13+/m0/s1. The number of hydrogen-bond acceptors (Lipinski definition) is 4. The number of carbonyl (C=O) groups is 2. The van der Waals surface area contributed by atoms with Crippen molar-refractivity contribution in [1.82, 2.24) is 5.06 Å². The van der Waals surface area contributed by atoms with Crippen LogP contribution in [0.2, 0.25) is 0 Å². The number of carbonyl (C=O) groups excluding carboxylic acids is 1. The number of fused-ring (bicyclic) bond motifs is 1. The van der Waals surface area contributed by atoms with Gasteiger partial charge < -0.3 is 9.84 Å². The lowest BCUT2D eigenvalue weighted by molar-refractivity contribution is -0.171. The zero-order valence-corrected chi connectivity index (χ0v) is 11.8. The van der Waals surface area contributed by atoms with Crippen molar-refractivity contribution in [3.63, 3.8) is 0 Å². The van der Waals surface area contributed by atoms with Crippen LogP contribution in [0.5, 0.6) is 5.75 Å². The van der Waals surface area contributed by atoms with Gasteiger partial charge in [0.25, 0.3) is 0 Å². The second kappa shape index (κ2) is 6.58. The van der Waals surface area contributed by atoms with Gasteiger partial charge in [0.1, 0.15) is 5.75 Å². The SMILES string of the molecule is C[C@@H]([C@@H](CC1CCc2ccccc2O1)C(=O)O)N(O)C=O. The number of hydroxylamine groups is 2. The summed E-state index contributed by atoms with van der Waals surface area (Å²) in [6.07, 6.45) is 1.79. The van der Waals surface area contributed by atoms with E-state index in [-0.39, 0.29) is 18.9 Å². The zero-order valence-electron chi connectivity index (χ0n) is 11.8. The van der Waals surface area contributed by atoms with Gasteiger partial charge in [-0.15, -0.1) is 0 Å². The summed E-state index contributed by atoms with van der Waals surface area (Å²) in [5, 5.41) is 19.1. The lowest BCUT2D eigenvalue weighted by Crippen LogP contribution is -2.41. The molecule has 21 heavy (non-hydrogen) atoms. The fraction of sp³-hybridized carbons (Fsp3) is 0.467. The Morgan fingerprint density at radius 1 is 1.52 bits per heavy atom. The molecule has 2 N–H and O–H groups in total. The molecule has 0 spiro atoms. The lowest BCUT2D eigenvalue weighted by atomic mass is 9.90. The largest absolute Gasteiger partial charge is 0.490 e. The van der Waals surface area contributed by atoms with Crippen molar-refractivity contribution in [2.45, 2.75) is 38.3 Å². The van der Waals surface area contributed by atoms with Gasteiger partial charge in [0, 0.05) is 0 Å². The first-order valence-electron chi connectivity index (χ1n) is 6.92. The summed E-state index contributed by atoms with van der Waals surface area (Å²) in [5.41, 5.74) is 1.12. The van der Waals surface area contributed by atoms with Crippen molar-refractivity contribution in [2.75, 3.05) is 0 Å². The Balaban J connectivity index is 2.05. The molecule has 0 bridgehead atoms. The Morgan fingerprint density at radius 2 is 2.24 bits per heavy atom. The van der Waals surface area contributed by atoms with E-state index in [9.17, 15) is 19.9 Å². The number of para-hydroxylation sites is 1. The molecule has 1 unspecified atom stereocenters. The molecular weight excluding hydrogens is 274 g/mol. The van der Waals surface area contributed by atoms with Crippen LogP contribution in [0, 0.1) is 5.92 Å². The molecule has 6 heteroatoms. The predicted molar refractivity (Wildman–Crippen MR) is 74.1 cm³/mol. The van der Waals surface area contributed by atoms with Crippen molar-refractivity contribution in [3.05, 3.63) is 29.8 Å². The molecule has 2 rings (SSSR count). The van der Waals surface area contributed by atoms with E-state index in [0.29, 0.717) is 5.06 Å². The third-order valence-corrected chi connectivity index (χ3v) is 3.94. The van der Waals surface area contributed by atoms with E-state index >= 15 is 0 Å². The van der Waals surface area contributed by atoms with E-state index in [0.717, 1.165) is 24.2 Å². The summed E-state index contributed by atoms with van der Waals surface area (Å²) >= 11 is 0. The fourth-order valence-electron chi connectivity index (χ4n) is 2.61. The fourth-order valence-corrected chi connectivity index (χ4v) is 2.61. The van der Waals surface area contributed by atoms with Crippen molar-refractivity contribution in [1.29, 1.82) is 0 Å². The molecule has 0 radical (unpaired) electrons. The molecule has 0 saturated heterocycles. The molecule has 0 saturated carbocycles. The first-order chi connectivity index (χ1) is 10.0. The number of benzene rings is 1. The molecule has 0 aliphatic carbocycles. The first kappa shape index (κ1) is 15.3. The van der Waals surface area contributed by atoms with Crippen molar-refractivity contribution in [2.24, 2.45) is 5.92 Å². The number of aryl methyl sites for hydroxylation is 1. The van der Waals surface area contributed by atoms with Crippen LogP contribution in [-0.4, -0.2) is 39.9 Å². The van der Waals surface area contributed by atoms with E-state index in [2.05, 4.69) is 0 Å². The van der Waals surface area contributed by atoms with E-state index < -0.39 is 17.9 Å². The van der Waals surface area contributed by atoms with Gasteiger partial charge in [0.15, 0.2) is 0 Å². The highest BCUT2D eigenvalue weighted by molar-refractivity contribution is 5.71. The number of ether oxygens (including phenoxy) is 1. The maximum Gasteiger partial charge on any atom is 0.308 e. The third-order valence-electron chi connectivity index (χ3n) is 3.94. The minimum absolute atomic E-state index is 0.220. The van der Waals surface area contributed by atoms with E-state index in [1.54, 1.807) is 0 Å². The van der Waals surface area contributed by atoms with Gasteiger partial charge >= 0.3 is 5.97 Å². The maximum absolute atomic E-state index is 11.4. The summed E-state index contributed by atoms with van der Waals surface area (Å²) in [4.78, 5) is 22.0. The number of rotatable bonds is 6. The predicted octanol–water partition coefficient (Wildman–Crippen LogP) is 1.71. The summed E-state index contributed by atoms with van der Waals surface area (Å²) in [6.45, 7) is 1.50. The smallest absolute Gasteiger partial charge is 0.308 e. The number of carboxylic acid groups (broad SMARTS) is 1. The Hall–Kier alpha value is -2.08. The highest BCUT2D eigenvalue weighted by atomic mass is 16.5. The molecule has 6 nitrogen and oxygen atoms in total. The molecule has 1 aliphatic heterocycles. The Bertz CT molecular complexity index is 519. The first-order valence-corrected chi connectivity index (χ1v) is 6.92. The Kier molecular flexibility index (Phi) is 4.80. The summed E-state index contributed by atoms with van der Waals surface area (Å²) in [7, 11) is 0. The molecule has 1 amide bonds. The second-order valence-corrected chi connectivity index (χ2v) is 5.29. The van der Waals surface area contributed by atoms with E-state index in [1.165, 1.54) is 6.92 Å². The van der Waals surface area contributed by atoms with Gasteiger partial charge in [0.2, 0.25) is 6.41 Å². The van der Waals surface area contributed by atoms with Crippen LogP contribution in [0.25, 0.3) is 0 Å². The van der Waals surface area contributed by atoms with Crippen LogP contribution in [0.4, 0.5) is 0 Å². The van der Waals surface area contributed by atoms with E-state index in [4.69, 9.17) is 4.74 Å². The molecule has 114 valence electrons. The number of hydrogen-bond donors (Lipinski definition) is 2. The minimum Gasteiger partial charge on any atom is -0.490 e. The van der Waals surface area contributed by atoms with Crippen molar-refractivity contribution in [3.8, 4) is 5.75 Å². The Morgan fingerprint density at radius 3 is 2.90 bits per heavy atom. The Labute approximate surface area is 122 Å². The average molecular weight is 293 g/mol. The van der Waals surface area contributed by atoms with Gasteiger partial charge in [-0.3, -0.25) is 14.8 Å². The summed E-state index contributed by atoms with van der Waals surface area (Å²) in [5.74, 6) is -1.15. The topological polar surface area (TPSA) is 87.1 Å². The van der Waals surface area contributed by atoms with Gasteiger partial charge in [-0.25, -0.2) is 5.06 Å². The summed E-state index contributed by atoms with van der Waals surface area (Å²) < 4.78 is 5.82. The van der Waals surface area contributed by atoms with Crippen LogP contribution >= 0.6 is 0 Å². The van der Waals surface area contributed by atoms with Crippen LogP contribution < -0.4 is 4.74 Å². The van der Waals surface area contributed by atoms with Gasteiger partial charge in [-0.1, -0.05) is 18.2 Å². The van der Waals surface area contributed by atoms with Gasteiger partial charge in [-0.05, 0) is 37.8 Å². The van der Waals surface area contributed by atoms with Gasteiger partial charge in [0.05, 0.1) is 18.1 Å². The van der Waals surface area contributed by atoms with Crippen LogP contribution in [0.1, 0.15) is 25.3 Å². The highest BCUT2D eigenvalue weighted by Gasteiger charge is 2.33. The molecular formula is C15H19NO5. The third kappa shape index (κ3) is 3.52. The van der Waals surface area contributed by atoms with Crippen molar-refractivity contribution >= 4 is 12.4 Å². The van der Waals surface area contributed by atoms with E-state index in [1.807, 2.05) is 24.3 Å². The normalized spacial score (nSPS) is 19.8. The lowest BCUT2D eigenvalue weighted by Gasteiger charge is -2.31. The zero-order chi connectivity index (χ0) is 15.4. The monoisotopic (exact) mass is 293 g/mol. The molecule has 1 heterocycles. The molecule has 1 aromatic carbocycles. The van der Waals surface area contributed by atoms with Gasteiger partial charge in [-0.2, -0.15) is 0 Å². The van der Waals surface area contributed by atoms with Crippen LogP contribution in [0.3, 0.4) is 0 Å². The molecule has 1 aliphatic rings. The number of carboxylic acids is 1. The maximum atomic E-state index is 11.4. The number of amides is 1.